The van der Waals surface area contributed by atoms with Gasteiger partial charge in [-0.1, -0.05) is 12.8 Å². The average molecular weight is 281 g/mol. The zero-order valence-electron chi connectivity index (χ0n) is 12.8. The first-order chi connectivity index (χ1) is 9.84. The number of hydrogen-bond acceptors (Lipinski definition) is 3. The van der Waals surface area contributed by atoms with E-state index in [1.54, 1.807) is 0 Å². The van der Waals surface area contributed by atoms with Crippen molar-refractivity contribution in [2.24, 2.45) is 5.92 Å². The van der Waals surface area contributed by atoms with E-state index < -0.39 is 0 Å². The van der Waals surface area contributed by atoms with Gasteiger partial charge in [-0.25, -0.2) is 0 Å². The van der Waals surface area contributed by atoms with Gasteiger partial charge in [0.25, 0.3) is 0 Å². The molecule has 0 aromatic rings. The predicted octanol–water partition coefficient (Wildman–Crippen LogP) is 1.76. The Morgan fingerprint density at radius 2 is 1.85 bits per heavy atom. The van der Waals surface area contributed by atoms with Gasteiger partial charge < -0.3 is 15.5 Å². The number of nitrogens with one attached hydrogen (secondary N) is 2. The molecule has 1 aliphatic heterocycles. The number of hydrogen-bond donors (Lipinski definition) is 2. The maximum atomic E-state index is 11.5. The number of rotatable bonds is 10. The molecule has 2 fully saturated rings. The Hall–Kier alpha value is -0.610. The lowest BCUT2D eigenvalue weighted by Gasteiger charge is -2.26. The number of carbonyl (C=O) groups is 1. The van der Waals surface area contributed by atoms with Crippen LogP contribution in [0.25, 0.3) is 0 Å². The van der Waals surface area contributed by atoms with E-state index in [4.69, 9.17) is 0 Å². The first kappa shape index (κ1) is 15.8. The largest absolute Gasteiger partial charge is 0.355 e. The van der Waals surface area contributed by atoms with Crippen molar-refractivity contribution in [3.8, 4) is 0 Å². The second-order valence-corrected chi connectivity index (χ2v) is 6.39. The zero-order valence-corrected chi connectivity index (χ0v) is 12.8. The molecule has 2 N–H and O–H groups in total. The molecule has 0 atom stereocenters. The fourth-order valence-electron chi connectivity index (χ4n) is 2.82. The second-order valence-electron chi connectivity index (χ2n) is 6.39. The van der Waals surface area contributed by atoms with E-state index in [1.165, 1.54) is 64.6 Å². The van der Waals surface area contributed by atoms with E-state index in [0.717, 1.165) is 25.4 Å². The van der Waals surface area contributed by atoms with Gasteiger partial charge in [0.1, 0.15) is 0 Å². The highest BCUT2D eigenvalue weighted by Crippen LogP contribution is 2.27. The molecule has 1 saturated carbocycles. The summed E-state index contributed by atoms with van der Waals surface area (Å²) in [6, 6.07) is 0. The molecule has 1 aliphatic carbocycles. The zero-order chi connectivity index (χ0) is 14.0. The highest BCUT2D eigenvalue weighted by atomic mass is 16.1. The summed E-state index contributed by atoms with van der Waals surface area (Å²) in [7, 11) is 0. The minimum absolute atomic E-state index is 0.154. The van der Waals surface area contributed by atoms with Crippen molar-refractivity contribution >= 4 is 5.91 Å². The number of piperidine rings is 1. The Labute approximate surface area is 123 Å². The van der Waals surface area contributed by atoms with Crippen LogP contribution in [0, 0.1) is 5.92 Å². The van der Waals surface area contributed by atoms with Gasteiger partial charge in [0.2, 0.25) is 5.91 Å². The molecule has 2 rings (SSSR count). The molecule has 4 nitrogen and oxygen atoms in total. The van der Waals surface area contributed by atoms with Gasteiger partial charge in [0.05, 0.1) is 6.54 Å². The molecule has 1 heterocycles. The third-order valence-corrected chi connectivity index (χ3v) is 4.34. The van der Waals surface area contributed by atoms with Crippen LogP contribution in [0.1, 0.15) is 51.4 Å². The summed E-state index contributed by atoms with van der Waals surface area (Å²) in [5.74, 6) is 0.999. The number of nitrogens with zero attached hydrogens (tertiary/aromatic N) is 1. The standard InChI is InChI=1S/C16H31N3O/c20-16(14-17-13-15-7-8-15)18-9-3-1-4-10-19-11-5-2-6-12-19/h15,17H,1-14H2,(H,18,20). The quantitative estimate of drug-likeness (QED) is 0.600. The van der Waals surface area contributed by atoms with Crippen LogP contribution in [0.5, 0.6) is 0 Å². The molecule has 0 spiro atoms. The molecule has 1 amide bonds. The van der Waals surface area contributed by atoms with Crippen molar-refractivity contribution in [2.45, 2.75) is 51.4 Å². The van der Waals surface area contributed by atoms with E-state index >= 15 is 0 Å². The summed E-state index contributed by atoms with van der Waals surface area (Å²) >= 11 is 0. The van der Waals surface area contributed by atoms with Crippen molar-refractivity contribution < 1.29 is 4.79 Å². The monoisotopic (exact) mass is 281 g/mol. The maximum absolute atomic E-state index is 11.5. The molecule has 4 heteroatoms. The van der Waals surface area contributed by atoms with Crippen LogP contribution in [0.3, 0.4) is 0 Å². The fraction of sp³-hybridized carbons (Fsp3) is 0.938. The molecule has 20 heavy (non-hydrogen) atoms. The summed E-state index contributed by atoms with van der Waals surface area (Å²) in [4.78, 5) is 14.1. The second kappa shape index (κ2) is 9.35. The molecular formula is C16H31N3O. The molecule has 116 valence electrons. The summed E-state index contributed by atoms with van der Waals surface area (Å²) in [5.41, 5.74) is 0. The van der Waals surface area contributed by atoms with Crippen molar-refractivity contribution in [2.75, 3.05) is 39.3 Å². The van der Waals surface area contributed by atoms with Gasteiger partial charge in [-0.15, -0.1) is 0 Å². The molecule has 0 aromatic carbocycles. The third-order valence-electron chi connectivity index (χ3n) is 4.34. The number of carbonyl (C=O) groups excluding carboxylic acids is 1. The minimum Gasteiger partial charge on any atom is -0.355 e. The van der Waals surface area contributed by atoms with Gasteiger partial charge in [-0.05, 0) is 70.6 Å². The van der Waals surface area contributed by atoms with E-state index in [1.807, 2.05) is 0 Å². The summed E-state index contributed by atoms with van der Waals surface area (Å²) < 4.78 is 0. The molecular weight excluding hydrogens is 250 g/mol. The molecule has 0 bridgehead atoms. The first-order valence-corrected chi connectivity index (χ1v) is 8.54. The highest BCUT2D eigenvalue weighted by Gasteiger charge is 2.20. The van der Waals surface area contributed by atoms with Gasteiger partial charge in [0.15, 0.2) is 0 Å². The van der Waals surface area contributed by atoms with Crippen LogP contribution < -0.4 is 10.6 Å². The van der Waals surface area contributed by atoms with Crippen LogP contribution in [0.2, 0.25) is 0 Å². The number of amides is 1. The van der Waals surface area contributed by atoms with E-state index in [0.29, 0.717) is 6.54 Å². The molecule has 0 radical (unpaired) electrons. The third kappa shape index (κ3) is 7.25. The van der Waals surface area contributed by atoms with E-state index in [2.05, 4.69) is 15.5 Å². The SMILES string of the molecule is O=C(CNCC1CC1)NCCCCCN1CCCCC1. The van der Waals surface area contributed by atoms with Crippen molar-refractivity contribution in [1.29, 1.82) is 0 Å². The lowest BCUT2D eigenvalue weighted by molar-refractivity contribution is -0.120. The Morgan fingerprint density at radius 3 is 2.60 bits per heavy atom. The average Bonchev–Trinajstić information content (AvgIpc) is 3.28. The molecule has 0 unspecified atom stereocenters. The normalized spacial score (nSPS) is 20.0. The Bertz CT molecular complexity index is 273. The van der Waals surface area contributed by atoms with E-state index in [-0.39, 0.29) is 5.91 Å². The molecule has 1 saturated heterocycles. The fourth-order valence-corrected chi connectivity index (χ4v) is 2.82. The van der Waals surface area contributed by atoms with Crippen LogP contribution in [-0.4, -0.2) is 50.1 Å². The van der Waals surface area contributed by atoms with Crippen LogP contribution in [0.4, 0.5) is 0 Å². The Morgan fingerprint density at radius 1 is 1.05 bits per heavy atom. The van der Waals surface area contributed by atoms with Crippen LogP contribution in [-0.2, 0) is 4.79 Å². The van der Waals surface area contributed by atoms with Crippen LogP contribution >= 0.6 is 0 Å². The Balaban J connectivity index is 1.34. The summed E-state index contributed by atoms with van der Waals surface area (Å²) in [6.45, 7) is 6.18. The summed E-state index contributed by atoms with van der Waals surface area (Å²) in [5, 5.41) is 6.22. The minimum atomic E-state index is 0.154. The maximum Gasteiger partial charge on any atom is 0.233 e. The molecule has 2 aliphatic rings. The molecule has 0 aromatic heterocycles. The van der Waals surface area contributed by atoms with E-state index in [9.17, 15) is 4.79 Å². The number of unbranched alkanes of at least 4 members (excludes halogenated alkanes) is 2. The van der Waals surface area contributed by atoms with Gasteiger partial charge in [-0.2, -0.15) is 0 Å². The van der Waals surface area contributed by atoms with Crippen molar-refractivity contribution in [3.05, 3.63) is 0 Å². The van der Waals surface area contributed by atoms with Crippen molar-refractivity contribution in [1.82, 2.24) is 15.5 Å². The van der Waals surface area contributed by atoms with Crippen molar-refractivity contribution in [3.63, 3.8) is 0 Å². The van der Waals surface area contributed by atoms with Gasteiger partial charge >= 0.3 is 0 Å². The smallest absolute Gasteiger partial charge is 0.233 e. The Kier molecular flexibility index (Phi) is 7.37. The highest BCUT2D eigenvalue weighted by molar-refractivity contribution is 5.77. The lowest BCUT2D eigenvalue weighted by atomic mass is 10.1. The predicted molar refractivity (Wildman–Crippen MR) is 82.7 cm³/mol. The number of likely N-dealkylation sites (tertiary alicyclic amines) is 1. The van der Waals surface area contributed by atoms with Crippen LogP contribution in [0.15, 0.2) is 0 Å². The topological polar surface area (TPSA) is 44.4 Å². The lowest BCUT2D eigenvalue weighted by Crippen LogP contribution is -2.35. The summed E-state index contributed by atoms with van der Waals surface area (Å²) in [6.07, 6.45) is 10.5. The first-order valence-electron chi connectivity index (χ1n) is 8.54. The van der Waals surface area contributed by atoms with Gasteiger partial charge in [0, 0.05) is 6.54 Å². The van der Waals surface area contributed by atoms with Gasteiger partial charge in [-0.3, -0.25) is 4.79 Å².